The molecule has 19 heavy (non-hydrogen) atoms. The molecule has 2 rings (SSSR count). The highest BCUT2D eigenvalue weighted by molar-refractivity contribution is 5.54. The molecule has 0 radical (unpaired) electrons. The van der Waals surface area contributed by atoms with Crippen molar-refractivity contribution in [2.75, 3.05) is 18.2 Å². The molecule has 5 heteroatoms. The molecule has 1 aromatic carbocycles. The second-order valence-corrected chi connectivity index (χ2v) is 4.33. The summed E-state index contributed by atoms with van der Waals surface area (Å²) in [6, 6.07) is 7.89. The molecule has 5 nitrogen and oxygen atoms in total. The monoisotopic (exact) mass is 258 g/mol. The van der Waals surface area contributed by atoms with Crippen molar-refractivity contribution in [2.24, 2.45) is 0 Å². The zero-order chi connectivity index (χ0) is 13.8. The molecule has 0 aliphatic heterocycles. The predicted molar refractivity (Wildman–Crippen MR) is 76.2 cm³/mol. The first-order valence-electron chi connectivity index (χ1n) is 6.07. The number of nitrogens with one attached hydrogen (secondary N) is 1. The number of nitrogens with zero attached hydrogens (tertiary/aromatic N) is 2. The van der Waals surface area contributed by atoms with Gasteiger partial charge in [-0.25, -0.2) is 9.97 Å². The van der Waals surface area contributed by atoms with E-state index in [2.05, 4.69) is 15.3 Å². The van der Waals surface area contributed by atoms with E-state index in [4.69, 9.17) is 10.5 Å². The summed E-state index contributed by atoms with van der Waals surface area (Å²) >= 11 is 0. The van der Waals surface area contributed by atoms with Crippen molar-refractivity contribution >= 4 is 11.6 Å². The Kier molecular flexibility index (Phi) is 3.85. The first-order chi connectivity index (χ1) is 9.10. The van der Waals surface area contributed by atoms with Gasteiger partial charge in [0.2, 0.25) is 0 Å². The molecule has 2 aromatic rings. The highest BCUT2D eigenvalue weighted by Gasteiger charge is 2.06. The summed E-state index contributed by atoms with van der Waals surface area (Å²) in [6.45, 7) is 4.39. The van der Waals surface area contributed by atoms with Crippen molar-refractivity contribution in [1.29, 1.82) is 0 Å². The van der Waals surface area contributed by atoms with Crippen LogP contribution in [-0.2, 0) is 6.54 Å². The third-order valence-electron chi connectivity index (χ3n) is 2.89. The standard InChI is InChI=1S/C14H18N4O/c1-9-13(15)17-10(2)18-14(9)16-8-11-5-4-6-12(7-11)19-3/h4-7H,8H2,1-3H3,(H3,15,16,17,18). The first kappa shape index (κ1) is 13.1. The Morgan fingerprint density at radius 2 is 2.05 bits per heavy atom. The minimum atomic E-state index is 0.514. The Morgan fingerprint density at radius 3 is 2.79 bits per heavy atom. The minimum Gasteiger partial charge on any atom is -0.497 e. The van der Waals surface area contributed by atoms with Crippen LogP contribution in [0.1, 0.15) is 17.0 Å². The summed E-state index contributed by atoms with van der Waals surface area (Å²) in [5.74, 6) is 2.79. The van der Waals surface area contributed by atoms with Crippen LogP contribution in [0, 0.1) is 13.8 Å². The fraction of sp³-hybridized carbons (Fsp3) is 0.286. The van der Waals surface area contributed by atoms with Gasteiger partial charge in [0.05, 0.1) is 7.11 Å². The van der Waals surface area contributed by atoms with Gasteiger partial charge in [0.1, 0.15) is 23.2 Å². The highest BCUT2D eigenvalue weighted by atomic mass is 16.5. The number of aromatic nitrogens is 2. The van der Waals surface area contributed by atoms with Gasteiger partial charge in [-0.1, -0.05) is 12.1 Å². The molecular formula is C14H18N4O. The number of methoxy groups -OCH3 is 1. The summed E-state index contributed by atoms with van der Waals surface area (Å²) in [5.41, 5.74) is 7.81. The topological polar surface area (TPSA) is 73.1 Å². The normalized spacial score (nSPS) is 10.3. The zero-order valence-corrected chi connectivity index (χ0v) is 11.4. The van der Waals surface area contributed by atoms with E-state index >= 15 is 0 Å². The number of rotatable bonds is 4. The Labute approximate surface area is 112 Å². The van der Waals surface area contributed by atoms with E-state index in [1.165, 1.54) is 0 Å². The third-order valence-corrected chi connectivity index (χ3v) is 2.89. The summed E-state index contributed by atoms with van der Waals surface area (Å²) < 4.78 is 5.20. The molecule has 0 aliphatic carbocycles. The van der Waals surface area contributed by atoms with Crippen molar-refractivity contribution in [3.8, 4) is 5.75 Å². The lowest BCUT2D eigenvalue weighted by molar-refractivity contribution is 0.414. The molecule has 0 aliphatic rings. The second-order valence-electron chi connectivity index (χ2n) is 4.33. The third kappa shape index (κ3) is 3.13. The number of anilines is 2. The van der Waals surface area contributed by atoms with Crippen LogP contribution in [-0.4, -0.2) is 17.1 Å². The van der Waals surface area contributed by atoms with E-state index in [1.807, 2.05) is 38.1 Å². The quantitative estimate of drug-likeness (QED) is 0.880. The van der Waals surface area contributed by atoms with Gasteiger partial charge in [0.25, 0.3) is 0 Å². The van der Waals surface area contributed by atoms with Crippen LogP contribution in [0.2, 0.25) is 0 Å². The van der Waals surface area contributed by atoms with Crippen LogP contribution in [0.25, 0.3) is 0 Å². The Hall–Kier alpha value is -2.30. The van der Waals surface area contributed by atoms with E-state index in [0.717, 1.165) is 22.7 Å². The number of aryl methyl sites for hydroxylation is 1. The molecule has 1 aromatic heterocycles. The number of hydrogen-bond acceptors (Lipinski definition) is 5. The van der Waals surface area contributed by atoms with Gasteiger partial charge in [0, 0.05) is 12.1 Å². The minimum absolute atomic E-state index is 0.514. The second kappa shape index (κ2) is 5.56. The zero-order valence-electron chi connectivity index (χ0n) is 11.4. The number of nitrogen functional groups attached to an aromatic ring is 1. The summed E-state index contributed by atoms with van der Waals surface area (Å²) in [4.78, 5) is 8.48. The summed E-state index contributed by atoms with van der Waals surface area (Å²) in [7, 11) is 1.66. The van der Waals surface area contributed by atoms with Crippen molar-refractivity contribution in [3.63, 3.8) is 0 Å². The van der Waals surface area contributed by atoms with Gasteiger partial charge in [-0.3, -0.25) is 0 Å². The van der Waals surface area contributed by atoms with Crippen molar-refractivity contribution in [3.05, 3.63) is 41.2 Å². The Bertz CT molecular complexity index is 584. The maximum absolute atomic E-state index is 5.82. The molecule has 0 amide bonds. The van der Waals surface area contributed by atoms with Gasteiger partial charge in [-0.15, -0.1) is 0 Å². The largest absolute Gasteiger partial charge is 0.497 e. The van der Waals surface area contributed by atoms with Crippen LogP contribution in [0.15, 0.2) is 24.3 Å². The van der Waals surface area contributed by atoms with Crippen LogP contribution in [0.5, 0.6) is 5.75 Å². The van der Waals surface area contributed by atoms with E-state index < -0.39 is 0 Å². The van der Waals surface area contributed by atoms with Gasteiger partial charge in [-0.05, 0) is 31.5 Å². The molecule has 100 valence electrons. The Morgan fingerprint density at radius 1 is 1.26 bits per heavy atom. The van der Waals surface area contributed by atoms with Gasteiger partial charge >= 0.3 is 0 Å². The molecule has 0 saturated heterocycles. The summed E-state index contributed by atoms with van der Waals surface area (Å²) in [6.07, 6.45) is 0. The average Bonchev–Trinajstić information content (AvgIpc) is 2.41. The van der Waals surface area contributed by atoms with Gasteiger partial charge in [0.15, 0.2) is 0 Å². The Balaban J connectivity index is 2.14. The van der Waals surface area contributed by atoms with E-state index in [0.29, 0.717) is 18.2 Å². The SMILES string of the molecule is COc1cccc(CNc2nc(C)nc(N)c2C)c1. The molecule has 0 saturated carbocycles. The van der Waals surface area contributed by atoms with Crippen LogP contribution < -0.4 is 15.8 Å². The fourth-order valence-electron chi connectivity index (χ4n) is 1.79. The van der Waals surface area contributed by atoms with Gasteiger partial charge < -0.3 is 15.8 Å². The molecule has 0 bridgehead atoms. The van der Waals surface area contributed by atoms with Crippen LogP contribution >= 0.6 is 0 Å². The van der Waals surface area contributed by atoms with E-state index in [1.54, 1.807) is 7.11 Å². The van der Waals surface area contributed by atoms with Crippen LogP contribution in [0.4, 0.5) is 11.6 Å². The van der Waals surface area contributed by atoms with Crippen molar-refractivity contribution in [2.45, 2.75) is 20.4 Å². The number of ether oxygens (including phenoxy) is 1. The highest BCUT2D eigenvalue weighted by Crippen LogP contribution is 2.19. The van der Waals surface area contributed by atoms with Crippen molar-refractivity contribution < 1.29 is 4.74 Å². The maximum atomic E-state index is 5.82. The lowest BCUT2D eigenvalue weighted by atomic mass is 10.2. The fourth-order valence-corrected chi connectivity index (χ4v) is 1.79. The maximum Gasteiger partial charge on any atom is 0.135 e. The summed E-state index contributed by atoms with van der Waals surface area (Å²) in [5, 5.41) is 3.28. The smallest absolute Gasteiger partial charge is 0.135 e. The van der Waals surface area contributed by atoms with Crippen LogP contribution in [0.3, 0.4) is 0 Å². The molecule has 3 N–H and O–H groups in total. The lowest BCUT2D eigenvalue weighted by Gasteiger charge is -2.11. The first-order valence-corrected chi connectivity index (χ1v) is 6.07. The molecule has 0 unspecified atom stereocenters. The molecular weight excluding hydrogens is 240 g/mol. The van der Waals surface area contributed by atoms with Gasteiger partial charge in [-0.2, -0.15) is 0 Å². The molecule has 0 atom stereocenters. The van der Waals surface area contributed by atoms with Crippen molar-refractivity contribution in [1.82, 2.24) is 9.97 Å². The average molecular weight is 258 g/mol. The number of hydrogen-bond donors (Lipinski definition) is 2. The molecule has 0 fully saturated rings. The van der Waals surface area contributed by atoms with E-state index in [-0.39, 0.29) is 0 Å². The number of benzene rings is 1. The predicted octanol–water partition coefficient (Wildman–Crippen LogP) is 2.30. The molecule has 0 spiro atoms. The lowest BCUT2D eigenvalue weighted by Crippen LogP contribution is -2.08. The molecule has 1 heterocycles. The van der Waals surface area contributed by atoms with E-state index in [9.17, 15) is 0 Å². The number of nitrogens with two attached hydrogens (primary N) is 1.